The maximum absolute atomic E-state index is 12.8. The quantitative estimate of drug-likeness (QED) is 0.744. The number of aryl methyl sites for hydroxylation is 1. The zero-order valence-corrected chi connectivity index (χ0v) is 16.1. The molecule has 1 unspecified atom stereocenters. The van der Waals surface area contributed by atoms with E-state index in [9.17, 15) is 9.59 Å². The molecule has 0 bridgehead atoms. The van der Waals surface area contributed by atoms with Crippen molar-refractivity contribution in [3.8, 4) is 5.75 Å². The van der Waals surface area contributed by atoms with E-state index in [1.54, 1.807) is 43.1 Å². The largest absolute Gasteiger partial charge is 0.495 e. The number of benzene rings is 2. The number of nitrogens with one attached hydrogen (secondary N) is 2. The SMILES string of the molecule is COc1ccc(C)cc1NC(=O)C(CCSC)NC(=O)c1ccccc1. The molecule has 2 N–H and O–H groups in total. The summed E-state index contributed by atoms with van der Waals surface area (Å²) in [7, 11) is 1.56. The van der Waals surface area contributed by atoms with Crippen molar-refractivity contribution in [2.45, 2.75) is 19.4 Å². The number of carbonyl (C=O) groups is 2. The molecule has 5 nitrogen and oxygen atoms in total. The molecule has 0 aliphatic rings. The number of thioether (sulfide) groups is 1. The third-order valence-electron chi connectivity index (χ3n) is 3.88. The molecule has 0 saturated carbocycles. The zero-order chi connectivity index (χ0) is 18.9. The highest BCUT2D eigenvalue weighted by Crippen LogP contribution is 2.25. The number of methoxy groups -OCH3 is 1. The lowest BCUT2D eigenvalue weighted by Crippen LogP contribution is -2.44. The van der Waals surface area contributed by atoms with Gasteiger partial charge in [0, 0.05) is 5.56 Å². The fraction of sp³-hybridized carbons (Fsp3) is 0.300. The van der Waals surface area contributed by atoms with Crippen LogP contribution in [0, 0.1) is 6.92 Å². The van der Waals surface area contributed by atoms with Gasteiger partial charge in [-0.15, -0.1) is 0 Å². The third kappa shape index (κ3) is 5.52. The average Bonchev–Trinajstić information content (AvgIpc) is 2.65. The van der Waals surface area contributed by atoms with Crippen molar-refractivity contribution in [3.05, 3.63) is 59.7 Å². The van der Waals surface area contributed by atoms with Gasteiger partial charge in [0.15, 0.2) is 0 Å². The van der Waals surface area contributed by atoms with Gasteiger partial charge in [0.25, 0.3) is 5.91 Å². The fourth-order valence-electron chi connectivity index (χ4n) is 2.47. The van der Waals surface area contributed by atoms with E-state index in [1.165, 1.54) is 0 Å². The Morgan fingerprint density at radius 1 is 1.15 bits per heavy atom. The van der Waals surface area contributed by atoms with E-state index in [0.717, 1.165) is 11.3 Å². The van der Waals surface area contributed by atoms with E-state index in [0.29, 0.717) is 23.4 Å². The van der Waals surface area contributed by atoms with Gasteiger partial charge < -0.3 is 15.4 Å². The van der Waals surface area contributed by atoms with Gasteiger partial charge in [-0.3, -0.25) is 9.59 Å². The van der Waals surface area contributed by atoms with Gasteiger partial charge in [-0.05, 0) is 55.2 Å². The van der Waals surface area contributed by atoms with Gasteiger partial charge in [-0.2, -0.15) is 11.8 Å². The summed E-state index contributed by atoms with van der Waals surface area (Å²) in [6.45, 7) is 1.94. The second-order valence-corrected chi connectivity index (χ2v) is 6.85. The van der Waals surface area contributed by atoms with Crippen LogP contribution in [0.1, 0.15) is 22.3 Å². The third-order valence-corrected chi connectivity index (χ3v) is 4.53. The summed E-state index contributed by atoms with van der Waals surface area (Å²) in [6.07, 6.45) is 2.51. The molecule has 2 aromatic rings. The number of hydrogen-bond acceptors (Lipinski definition) is 4. The standard InChI is InChI=1S/C20H24N2O3S/c1-14-9-10-18(25-2)17(13-14)22-20(24)16(11-12-26-3)21-19(23)15-7-5-4-6-8-15/h4-10,13,16H,11-12H2,1-3H3,(H,21,23)(H,22,24). The molecule has 0 radical (unpaired) electrons. The van der Waals surface area contributed by atoms with Crippen molar-refractivity contribution in [3.63, 3.8) is 0 Å². The van der Waals surface area contributed by atoms with Gasteiger partial charge in [-0.25, -0.2) is 0 Å². The summed E-state index contributed by atoms with van der Waals surface area (Å²) in [5.41, 5.74) is 2.14. The molecule has 2 amide bonds. The lowest BCUT2D eigenvalue weighted by atomic mass is 10.1. The average molecular weight is 372 g/mol. The minimum absolute atomic E-state index is 0.257. The van der Waals surface area contributed by atoms with Gasteiger partial charge >= 0.3 is 0 Å². The molecule has 0 spiro atoms. The van der Waals surface area contributed by atoms with Crippen molar-refractivity contribution in [2.75, 3.05) is 24.4 Å². The first-order valence-corrected chi connectivity index (χ1v) is 9.75. The molecule has 2 aromatic carbocycles. The van der Waals surface area contributed by atoms with E-state index in [2.05, 4.69) is 10.6 Å². The van der Waals surface area contributed by atoms with Crippen LogP contribution in [0.3, 0.4) is 0 Å². The zero-order valence-electron chi connectivity index (χ0n) is 15.2. The number of rotatable bonds is 8. The lowest BCUT2D eigenvalue weighted by Gasteiger charge is -2.19. The van der Waals surface area contributed by atoms with Crippen LogP contribution in [-0.4, -0.2) is 37.0 Å². The minimum atomic E-state index is -0.625. The molecule has 0 saturated heterocycles. The maximum Gasteiger partial charge on any atom is 0.251 e. The monoisotopic (exact) mass is 372 g/mol. The molecule has 6 heteroatoms. The number of carbonyl (C=O) groups excluding carboxylic acids is 2. The molecule has 2 rings (SSSR count). The summed E-state index contributed by atoms with van der Waals surface area (Å²) in [5.74, 6) is 0.829. The lowest BCUT2D eigenvalue weighted by molar-refractivity contribution is -0.118. The minimum Gasteiger partial charge on any atom is -0.495 e. The van der Waals surface area contributed by atoms with E-state index in [1.807, 2.05) is 37.4 Å². The number of ether oxygens (including phenoxy) is 1. The Bertz CT molecular complexity index is 750. The molecule has 0 aromatic heterocycles. The first-order valence-electron chi connectivity index (χ1n) is 8.35. The molecule has 138 valence electrons. The van der Waals surface area contributed by atoms with Crippen molar-refractivity contribution in [1.29, 1.82) is 0 Å². The smallest absolute Gasteiger partial charge is 0.251 e. The van der Waals surface area contributed by atoms with Gasteiger partial charge in [-0.1, -0.05) is 24.3 Å². The molecule has 0 heterocycles. The Balaban J connectivity index is 2.14. The highest BCUT2D eigenvalue weighted by molar-refractivity contribution is 7.98. The van der Waals surface area contributed by atoms with E-state index in [4.69, 9.17) is 4.74 Å². The van der Waals surface area contributed by atoms with Gasteiger partial charge in [0.05, 0.1) is 12.8 Å². The van der Waals surface area contributed by atoms with E-state index >= 15 is 0 Å². The van der Waals surface area contributed by atoms with E-state index < -0.39 is 6.04 Å². The highest BCUT2D eigenvalue weighted by atomic mass is 32.2. The molecular weight excluding hydrogens is 348 g/mol. The van der Waals surface area contributed by atoms with Gasteiger partial charge in [0.2, 0.25) is 5.91 Å². The normalized spacial score (nSPS) is 11.5. The van der Waals surface area contributed by atoms with Crippen LogP contribution in [-0.2, 0) is 4.79 Å². The topological polar surface area (TPSA) is 67.4 Å². The van der Waals surface area contributed by atoms with Crippen LogP contribution in [0.2, 0.25) is 0 Å². The number of hydrogen-bond donors (Lipinski definition) is 2. The predicted molar refractivity (Wildman–Crippen MR) is 107 cm³/mol. The first-order chi connectivity index (χ1) is 12.5. The molecule has 0 aliphatic heterocycles. The second-order valence-electron chi connectivity index (χ2n) is 5.87. The Morgan fingerprint density at radius 2 is 1.88 bits per heavy atom. The van der Waals surface area contributed by atoms with E-state index in [-0.39, 0.29) is 11.8 Å². The second kappa shape index (κ2) is 9.87. The highest BCUT2D eigenvalue weighted by Gasteiger charge is 2.22. The number of anilines is 1. The Morgan fingerprint density at radius 3 is 2.54 bits per heavy atom. The Labute approximate surface area is 158 Å². The molecular formula is C20H24N2O3S. The van der Waals surface area contributed by atoms with Crippen LogP contribution < -0.4 is 15.4 Å². The fourth-order valence-corrected chi connectivity index (χ4v) is 2.95. The summed E-state index contributed by atoms with van der Waals surface area (Å²) < 4.78 is 5.31. The van der Waals surface area contributed by atoms with Crippen LogP contribution in [0.4, 0.5) is 5.69 Å². The number of amides is 2. The predicted octanol–water partition coefficient (Wildman–Crippen LogP) is 3.49. The van der Waals surface area contributed by atoms with Crippen LogP contribution in [0.5, 0.6) is 5.75 Å². The van der Waals surface area contributed by atoms with Crippen molar-refractivity contribution >= 4 is 29.3 Å². The molecule has 0 aliphatic carbocycles. The van der Waals surface area contributed by atoms with Crippen LogP contribution in [0.15, 0.2) is 48.5 Å². The molecule has 26 heavy (non-hydrogen) atoms. The maximum atomic E-state index is 12.8. The molecule has 1 atom stereocenters. The van der Waals surface area contributed by atoms with Gasteiger partial charge in [0.1, 0.15) is 11.8 Å². The van der Waals surface area contributed by atoms with Crippen molar-refractivity contribution in [1.82, 2.24) is 5.32 Å². The van der Waals surface area contributed by atoms with Crippen molar-refractivity contribution < 1.29 is 14.3 Å². The summed E-state index contributed by atoms with van der Waals surface area (Å²) >= 11 is 1.63. The van der Waals surface area contributed by atoms with Crippen LogP contribution in [0.25, 0.3) is 0 Å². The molecule has 0 fully saturated rings. The summed E-state index contributed by atoms with van der Waals surface area (Å²) in [5, 5.41) is 5.72. The van der Waals surface area contributed by atoms with Crippen LogP contribution >= 0.6 is 11.8 Å². The Kier molecular flexibility index (Phi) is 7.53. The Hall–Kier alpha value is -2.47. The summed E-state index contributed by atoms with van der Waals surface area (Å²) in [4.78, 5) is 25.2. The van der Waals surface area contributed by atoms with Crippen molar-refractivity contribution in [2.24, 2.45) is 0 Å². The first kappa shape index (κ1) is 19.8. The summed E-state index contributed by atoms with van der Waals surface area (Å²) in [6, 6.07) is 13.8.